The van der Waals surface area contributed by atoms with Crippen molar-refractivity contribution in [2.75, 3.05) is 19.8 Å². The zero-order chi connectivity index (χ0) is 21.1. The Morgan fingerprint density at radius 3 is 2.31 bits per heavy atom. The monoisotopic (exact) mass is 417 g/mol. The highest BCUT2D eigenvalue weighted by Crippen LogP contribution is 2.39. The van der Waals surface area contributed by atoms with E-state index in [1.807, 2.05) is 13.8 Å². The van der Waals surface area contributed by atoms with Crippen LogP contribution in [0, 0.1) is 5.82 Å². The number of ketones is 1. The van der Waals surface area contributed by atoms with Gasteiger partial charge in [-0.2, -0.15) is 0 Å². The van der Waals surface area contributed by atoms with Gasteiger partial charge in [-0.25, -0.2) is 4.39 Å². The number of hydrogen-bond donors (Lipinski definition) is 2. The van der Waals surface area contributed by atoms with Gasteiger partial charge in [-0.15, -0.1) is 0 Å². The van der Waals surface area contributed by atoms with Crippen molar-refractivity contribution in [1.82, 2.24) is 4.90 Å². The normalized spacial score (nSPS) is 18.7. The van der Waals surface area contributed by atoms with Crippen LogP contribution in [0.4, 0.5) is 4.39 Å². The Hall–Kier alpha value is -2.70. The van der Waals surface area contributed by atoms with E-state index in [0.717, 1.165) is 18.0 Å². The molecule has 152 valence electrons. The molecule has 0 saturated carbocycles. The Kier molecular flexibility index (Phi) is 6.35. The highest BCUT2D eigenvalue weighted by Gasteiger charge is 2.48. The summed E-state index contributed by atoms with van der Waals surface area (Å²) >= 11 is 5.91. The molecule has 2 aromatic rings. The topological polar surface area (TPSA) is 62.0 Å². The number of amides is 1. The molecule has 2 N–H and O–H groups in total. The Morgan fingerprint density at radius 2 is 1.72 bits per heavy atom. The predicted molar refractivity (Wildman–Crippen MR) is 109 cm³/mol. The minimum atomic E-state index is -1.00. The second kappa shape index (κ2) is 8.76. The summed E-state index contributed by atoms with van der Waals surface area (Å²) in [5.74, 6) is -2.45. The maximum atomic E-state index is 14.7. The fourth-order valence-corrected chi connectivity index (χ4v) is 3.67. The van der Waals surface area contributed by atoms with Crippen molar-refractivity contribution in [2.24, 2.45) is 0 Å². The van der Waals surface area contributed by atoms with E-state index < -0.39 is 23.5 Å². The molecule has 1 amide bonds. The van der Waals surface area contributed by atoms with Crippen LogP contribution in [0.25, 0.3) is 5.76 Å². The number of nitrogens with zero attached hydrogens (tertiary/aromatic N) is 1. The molecule has 2 aromatic carbocycles. The van der Waals surface area contributed by atoms with Crippen LogP contribution in [-0.2, 0) is 9.59 Å². The summed E-state index contributed by atoms with van der Waals surface area (Å²) in [6.45, 7) is 5.65. The van der Waals surface area contributed by atoms with Gasteiger partial charge in [0, 0.05) is 16.1 Å². The molecule has 7 heteroatoms. The average molecular weight is 418 g/mol. The van der Waals surface area contributed by atoms with Crippen LogP contribution in [0.3, 0.4) is 0 Å². The third-order valence-electron chi connectivity index (χ3n) is 5.25. The Balaban J connectivity index is 2.18. The molecule has 1 saturated heterocycles. The molecule has 1 heterocycles. The summed E-state index contributed by atoms with van der Waals surface area (Å²) in [6, 6.07) is 11.3. The smallest absolute Gasteiger partial charge is 0.299 e. The summed E-state index contributed by atoms with van der Waals surface area (Å²) in [4.78, 5) is 28.1. The van der Waals surface area contributed by atoms with Crippen LogP contribution in [0.15, 0.2) is 54.1 Å². The quantitative estimate of drug-likeness (QED) is 0.431. The minimum absolute atomic E-state index is 0.117. The van der Waals surface area contributed by atoms with Gasteiger partial charge >= 0.3 is 0 Å². The molecule has 0 unspecified atom stereocenters. The third-order valence-corrected chi connectivity index (χ3v) is 5.50. The molecule has 0 aromatic heterocycles. The van der Waals surface area contributed by atoms with E-state index in [1.54, 1.807) is 36.4 Å². The number of carbonyl (C=O) groups is 2. The number of benzene rings is 2. The van der Waals surface area contributed by atoms with Crippen LogP contribution in [0.1, 0.15) is 31.0 Å². The van der Waals surface area contributed by atoms with Gasteiger partial charge in [0.15, 0.2) is 6.67 Å². The molecule has 1 atom stereocenters. The van der Waals surface area contributed by atoms with E-state index in [-0.39, 0.29) is 23.6 Å². The maximum Gasteiger partial charge on any atom is 0.299 e. The molecule has 5 nitrogen and oxygen atoms in total. The molecule has 0 bridgehead atoms. The molecule has 1 fully saturated rings. The van der Waals surface area contributed by atoms with Gasteiger partial charge in [0.1, 0.15) is 11.6 Å². The second-order valence-corrected chi connectivity index (χ2v) is 7.35. The van der Waals surface area contributed by atoms with Crippen LogP contribution in [-0.4, -0.2) is 41.5 Å². The Morgan fingerprint density at radius 1 is 1.10 bits per heavy atom. The summed E-state index contributed by atoms with van der Waals surface area (Å²) in [7, 11) is 0. The van der Waals surface area contributed by atoms with Crippen molar-refractivity contribution in [3.8, 4) is 0 Å². The van der Waals surface area contributed by atoms with Crippen LogP contribution >= 0.6 is 11.6 Å². The van der Waals surface area contributed by atoms with Gasteiger partial charge in [0.25, 0.3) is 11.7 Å². The van der Waals surface area contributed by atoms with E-state index in [0.29, 0.717) is 10.6 Å². The van der Waals surface area contributed by atoms with Gasteiger partial charge < -0.3 is 10.0 Å². The van der Waals surface area contributed by atoms with Crippen molar-refractivity contribution in [3.05, 3.63) is 76.1 Å². The highest BCUT2D eigenvalue weighted by molar-refractivity contribution is 6.46. The van der Waals surface area contributed by atoms with Crippen molar-refractivity contribution in [3.63, 3.8) is 0 Å². The fraction of sp³-hybridized carbons (Fsp3) is 0.273. The molecular formula is C22H23ClFN2O3+. The number of likely N-dealkylation sites (tertiary alicyclic amines) is 1. The van der Waals surface area contributed by atoms with E-state index in [4.69, 9.17) is 11.6 Å². The lowest BCUT2D eigenvalue weighted by molar-refractivity contribution is -0.905. The lowest BCUT2D eigenvalue weighted by Gasteiger charge is -2.28. The Labute approximate surface area is 174 Å². The molecule has 0 spiro atoms. The first-order chi connectivity index (χ1) is 13.9. The maximum absolute atomic E-state index is 14.7. The summed E-state index contributed by atoms with van der Waals surface area (Å²) < 4.78 is 14.7. The number of nitrogens with one attached hydrogen (secondary N) is 1. The largest absolute Gasteiger partial charge is 0.507 e. The SMILES string of the molecule is CC[NH+](CC)CN1C(=O)C(=O)C(=C(O)c2ccc(Cl)cc2)[C@H]1c1ccccc1F. The number of hydrogen-bond acceptors (Lipinski definition) is 3. The number of Topliss-reactive ketones (excluding diaryl/α,β-unsaturated/α-hetero) is 1. The number of quaternary nitrogens is 1. The zero-order valence-electron chi connectivity index (χ0n) is 16.3. The van der Waals surface area contributed by atoms with Crippen LogP contribution in [0.5, 0.6) is 0 Å². The number of halogens is 2. The molecule has 3 rings (SSSR count). The van der Waals surface area contributed by atoms with Crippen LogP contribution in [0.2, 0.25) is 5.02 Å². The molecule has 29 heavy (non-hydrogen) atoms. The number of rotatable bonds is 6. The van der Waals surface area contributed by atoms with Crippen molar-refractivity contribution < 1.29 is 24.0 Å². The molecule has 0 radical (unpaired) electrons. The lowest BCUT2D eigenvalue weighted by Crippen LogP contribution is -3.13. The van der Waals surface area contributed by atoms with E-state index in [9.17, 15) is 19.1 Å². The first-order valence-electron chi connectivity index (χ1n) is 9.51. The molecule has 0 aliphatic carbocycles. The summed E-state index contributed by atoms with van der Waals surface area (Å²) in [5, 5.41) is 11.4. The van der Waals surface area contributed by atoms with Crippen molar-refractivity contribution in [1.29, 1.82) is 0 Å². The van der Waals surface area contributed by atoms with Gasteiger partial charge in [-0.3, -0.25) is 14.5 Å². The van der Waals surface area contributed by atoms with E-state index in [2.05, 4.69) is 0 Å². The van der Waals surface area contributed by atoms with Crippen LogP contribution < -0.4 is 4.90 Å². The Bertz CT molecular complexity index is 955. The van der Waals surface area contributed by atoms with Gasteiger partial charge in [0.05, 0.1) is 24.7 Å². The average Bonchev–Trinajstić information content (AvgIpc) is 2.97. The first-order valence-corrected chi connectivity index (χ1v) is 9.89. The number of aliphatic hydroxyl groups excluding tert-OH is 1. The van der Waals surface area contributed by atoms with Crippen molar-refractivity contribution >= 4 is 29.1 Å². The fourth-order valence-electron chi connectivity index (χ4n) is 3.54. The van der Waals surface area contributed by atoms with Gasteiger partial charge in [-0.1, -0.05) is 29.8 Å². The van der Waals surface area contributed by atoms with Gasteiger partial charge in [-0.05, 0) is 44.2 Å². The van der Waals surface area contributed by atoms with Gasteiger partial charge in [0.2, 0.25) is 0 Å². The zero-order valence-corrected chi connectivity index (χ0v) is 17.0. The number of aliphatic hydroxyl groups is 1. The van der Waals surface area contributed by atoms with E-state index in [1.165, 1.54) is 17.0 Å². The van der Waals surface area contributed by atoms with Crippen molar-refractivity contribution in [2.45, 2.75) is 19.9 Å². The number of carbonyl (C=O) groups excluding carboxylic acids is 2. The second-order valence-electron chi connectivity index (χ2n) is 6.91. The summed E-state index contributed by atoms with van der Waals surface area (Å²) in [5.41, 5.74) is 0.395. The lowest BCUT2D eigenvalue weighted by atomic mass is 9.95. The standard InChI is InChI=1S/C22H22ClFN2O3/c1-3-25(4-2)13-26-19(16-7-5-6-8-17(16)24)18(21(28)22(26)29)20(27)14-9-11-15(23)12-10-14/h5-12,19,27H,3-4,13H2,1-2H3/p+1/t19-/m1/s1. The minimum Gasteiger partial charge on any atom is -0.507 e. The predicted octanol–water partition coefficient (Wildman–Crippen LogP) is 2.78. The molecule has 1 aliphatic rings. The summed E-state index contributed by atoms with van der Waals surface area (Å²) in [6.07, 6.45) is 0. The third kappa shape index (κ3) is 4.04. The molecule has 1 aliphatic heterocycles. The highest BCUT2D eigenvalue weighted by atomic mass is 35.5. The molecular weight excluding hydrogens is 395 g/mol. The van der Waals surface area contributed by atoms with E-state index >= 15 is 0 Å². The first kappa shape index (κ1) is 21.0.